The molecule has 0 atom stereocenters. The summed E-state index contributed by atoms with van der Waals surface area (Å²) in [5.41, 5.74) is 13.0. The Balaban J connectivity index is 2.46. The van der Waals surface area contributed by atoms with Gasteiger partial charge in [0.2, 0.25) is 5.96 Å². The zero-order chi connectivity index (χ0) is 13.1. The Morgan fingerprint density at radius 1 is 1.33 bits per heavy atom. The number of aryl methyl sites for hydroxylation is 1. The summed E-state index contributed by atoms with van der Waals surface area (Å²) in [5.74, 6) is -0.105. The Morgan fingerprint density at radius 3 is 2.83 bits per heavy atom. The second kappa shape index (κ2) is 5.01. The third-order valence-corrected chi connectivity index (χ3v) is 2.63. The Bertz CT molecular complexity index is 644. The van der Waals surface area contributed by atoms with Gasteiger partial charge in [-0.05, 0) is 24.6 Å². The van der Waals surface area contributed by atoms with Crippen LogP contribution in [0.1, 0.15) is 11.1 Å². The predicted molar refractivity (Wildman–Crippen MR) is 74.9 cm³/mol. The smallest absolute Gasteiger partial charge is 0.211 e. The minimum absolute atomic E-state index is 0.105. The third kappa shape index (κ3) is 2.75. The zero-order valence-corrected chi connectivity index (χ0v) is 10.5. The maximum absolute atomic E-state index is 6.06. The molecule has 0 radical (unpaired) electrons. The van der Waals surface area contributed by atoms with E-state index in [-0.39, 0.29) is 5.96 Å². The number of pyridine rings is 1. The first-order valence-electron chi connectivity index (χ1n) is 5.25. The van der Waals surface area contributed by atoms with Gasteiger partial charge in [-0.3, -0.25) is 0 Å². The van der Waals surface area contributed by atoms with Crippen molar-refractivity contribution in [2.75, 3.05) is 0 Å². The fraction of sp³-hybridized carbons (Fsp3) is 0.0833. The molecular weight excluding hydrogens is 250 g/mol. The lowest BCUT2D eigenvalue weighted by Crippen LogP contribution is -2.21. The van der Waals surface area contributed by atoms with Gasteiger partial charge >= 0.3 is 0 Å². The number of rotatable bonds is 2. The number of halogens is 1. The molecule has 0 saturated heterocycles. The lowest BCUT2D eigenvalue weighted by Gasteiger charge is -2.02. The highest BCUT2D eigenvalue weighted by atomic mass is 35.5. The van der Waals surface area contributed by atoms with Crippen LogP contribution in [-0.2, 0) is 0 Å². The van der Waals surface area contributed by atoms with Crippen molar-refractivity contribution in [1.29, 1.82) is 0 Å². The molecule has 2 rings (SSSR count). The largest absolute Gasteiger partial charge is 0.369 e. The number of nitrogens with two attached hydrogens (primary N) is 2. The highest BCUT2D eigenvalue weighted by Crippen LogP contribution is 2.20. The molecule has 0 aliphatic carbocycles. The lowest BCUT2D eigenvalue weighted by atomic mass is 10.1. The number of fused-ring (bicyclic) bond motifs is 1. The summed E-state index contributed by atoms with van der Waals surface area (Å²) in [4.78, 5) is 4.30. The molecule has 0 aliphatic heterocycles. The molecule has 0 aliphatic rings. The number of hydrogen-bond acceptors (Lipinski definition) is 3. The molecule has 2 aromatic rings. The van der Waals surface area contributed by atoms with Gasteiger partial charge in [0.05, 0.1) is 11.7 Å². The van der Waals surface area contributed by atoms with Crippen molar-refractivity contribution in [2.24, 2.45) is 21.7 Å². The highest BCUT2D eigenvalue weighted by Gasteiger charge is 2.03. The van der Waals surface area contributed by atoms with Crippen LogP contribution in [0, 0.1) is 6.92 Å². The van der Waals surface area contributed by atoms with E-state index in [1.807, 2.05) is 31.2 Å². The number of nitrogens with zero attached hydrogens (tertiary/aromatic N) is 3. The molecule has 0 spiro atoms. The maximum atomic E-state index is 6.06. The average molecular weight is 262 g/mol. The molecule has 0 bridgehead atoms. The molecule has 0 saturated carbocycles. The summed E-state index contributed by atoms with van der Waals surface area (Å²) < 4.78 is 0. The standard InChI is InChI=1S/C12H12ClN5/c1-7-2-3-8-5-9(6-16-18-12(14)15)11(13)17-10(8)4-7/h2-6H,1H3,(H4,14,15,18). The van der Waals surface area contributed by atoms with Gasteiger partial charge in [-0.15, -0.1) is 5.10 Å². The van der Waals surface area contributed by atoms with Crippen molar-refractivity contribution < 1.29 is 0 Å². The normalized spacial score (nSPS) is 11.0. The van der Waals surface area contributed by atoms with Gasteiger partial charge in [0.25, 0.3) is 0 Å². The van der Waals surface area contributed by atoms with E-state index in [9.17, 15) is 0 Å². The Kier molecular flexibility index (Phi) is 3.43. The van der Waals surface area contributed by atoms with Crippen molar-refractivity contribution in [3.63, 3.8) is 0 Å². The van der Waals surface area contributed by atoms with Crippen LogP contribution < -0.4 is 11.5 Å². The Morgan fingerprint density at radius 2 is 2.11 bits per heavy atom. The molecule has 18 heavy (non-hydrogen) atoms. The van der Waals surface area contributed by atoms with Crippen LogP contribution in [0.3, 0.4) is 0 Å². The van der Waals surface area contributed by atoms with Crippen LogP contribution >= 0.6 is 11.6 Å². The van der Waals surface area contributed by atoms with Gasteiger partial charge < -0.3 is 11.5 Å². The van der Waals surface area contributed by atoms with Gasteiger partial charge in [-0.1, -0.05) is 23.7 Å². The monoisotopic (exact) mass is 261 g/mol. The molecule has 5 nitrogen and oxygen atoms in total. The Labute approximate surface area is 109 Å². The van der Waals surface area contributed by atoms with Crippen LogP contribution in [0.4, 0.5) is 0 Å². The summed E-state index contributed by atoms with van der Waals surface area (Å²) in [7, 11) is 0. The summed E-state index contributed by atoms with van der Waals surface area (Å²) in [5, 5.41) is 8.57. The van der Waals surface area contributed by atoms with E-state index in [1.165, 1.54) is 6.21 Å². The lowest BCUT2D eigenvalue weighted by molar-refractivity contribution is 1.21. The SMILES string of the molecule is Cc1ccc2cc(C=NN=C(N)N)c(Cl)nc2c1. The van der Waals surface area contributed by atoms with Crippen molar-refractivity contribution in [3.05, 3.63) is 40.5 Å². The number of hydrogen-bond donors (Lipinski definition) is 2. The van der Waals surface area contributed by atoms with E-state index in [2.05, 4.69) is 15.2 Å². The number of aromatic nitrogens is 1. The van der Waals surface area contributed by atoms with E-state index in [4.69, 9.17) is 23.1 Å². The minimum atomic E-state index is -0.105. The van der Waals surface area contributed by atoms with E-state index < -0.39 is 0 Å². The average Bonchev–Trinajstić information content (AvgIpc) is 2.29. The van der Waals surface area contributed by atoms with E-state index in [0.29, 0.717) is 10.7 Å². The van der Waals surface area contributed by atoms with Gasteiger partial charge in [-0.25, -0.2) is 4.98 Å². The summed E-state index contributed by atoms with van der Waals surface area (Å²) in [6.45, 7) is 2.00. The fourth-order valence-corrected chi connectivity index (χ4v) is 1.71. The topological polar surface area (TPSA) is 89.6 Å². The van der Waals surface area contributed by atoms with Gasteiger partial charge in [0, 0.05) is 10.9 Å². The first-order chi connectivity index (χ1) is 8.56. The summed E-state index contributed by atoms with van der Waals surface area (Å²) in [6, 6.07) is 7.84. The molecule has 4 N–H and O–H groups in total. The predicted octanol–water partition coefficient (Wildman–Crippen LogP) is 1.80. The second-order valence-corrected chi connectivity index (χ2v) is 4.19. The molecule has 1 heterocycles. The van der Waals surface area contributed by atoms with Gasteiger partial charge in [-0.2, -0.15) is 5.10 Å². The van der Waals surface area contributed by atoms with Gasteiger partial charge in [0.1, 0.15) is 5.15 Å². The van der Waals surface area contributed by atoms with Crippen molar-refractivity contribution in [1.82, 2.24) is 4.98 Å². The molecule has 0 amide bonds. The van der Waals surface area contributed by atoms with Crippen LogP contribution in [-0.4, -0.2) is 17.2 Å². The summed E-state index contributed by atoms with van der Waals surface area (Å²) in [6.07, 6.45) is 1.47. The minimum Gasteiger partial charge on any atom is -0.369 e. The number of guanidine groups is 1. The van der Waals surface area contributed by atoms with Crippen molar-refractivity contribution in [2.45, 2.75) is 6.92 Å². The fourth-order valence-electron chi connectivity index (χ4n) is 1.52. The van der Waals surface area contributed by atoms with Crippen LogP contribution in [0.2, 0.25) is 5.15 Å². The van der Waals surface area contributed by atoms with Crippen LogP contribution in [0.15, 0.2) is 34.5 Å². The van der Waals surface area contributed by atoms with E-state index in [1.54, 1.807) is 0 Å². The third-order valence-electron chi connectivity index (χ3n) is 2.32. The number of benzene rings is 1. The molecule has 6 heteroatoms. The first kappa shape index (κ1) is 12.3. The molecule has 1 aromatic carbocycles. The summed E-state index contributed by atoms with van der Waals surface area (Å²) >= 11 is 6.06. The first-order valence-corrected chi connectivity index (χ1v) is 5.63. The maximum Gasteiger partial charge on any atom is 0.211 e. The molecule has 92 valence electrons. The highest BCUT2D eigenvalue weighted by molar-refractivity contribution is 6.32. The van der Waals surface area contributed by atoms with Gasteiger partial charge in [0.15, 0.2) is 0 Å². The second-order valence-electron chi connectivity index (χ2n) is 3.83. The molecule has 0 fully saturated rings. The van der Waals surface area contributed by atoms with E-state index >= 15 is 0 Å². The zero-order valence-electron chi connectivity index (χ0n) is 9.76. The molecule has 0 unspecified atom stereocenters. The van der Waals surface area contributed by atoms with Crippen molar-refractivity contribution in [3.8, 4) is 0 Å². The molecule has 1 aromatic heterocycles. The Hall–Kier alpha value is -2.14. The van der Waals surface area contributed by atoms with Crippen LogP contribution in [0.5, 0.6) is 0 Å². The van der Waals surface area contributed by atoms with Crippen LogP contribution in [0.25, 0.3) is 10.9 Å². The van der Waals surface area contributed by atoms with E-state index in [0.717, 1.165) is 16.5 Å². The quantitative estimate of drug-likeness (QED) is 0.374. The molecular formula is C12H12ClN5. The van der Waals surface area contributed by atoms with Crippen molar-refractivity contribution >= 4 is 34.7 Å².